The molecule has 0 unspecified atom stereocenters. The van der Waals surface area contributed by atoms with Crippen LogP contribution in [0.4, 0.5) is 0 Å². The van der Waals surface area contributed by atoms with Crippen molar-refractivity contribution in [1.29, 1.82) is 0 Å². The van der Waals surface area contributed by atoms with Gasteiger partial charge in [0.2, 0.25) is 0 Å². The Hall–Kier alpha value is -2.92. The zero-order chi connectivity index (χ0) is 23.1. The number of carbonyl (C=O) groups excluding carboxylic acids is 1. The van der Waals surface area contributed by atoms with Crippen LogP contribution in [0.5, 0.6) is 0 Å². The molecule has 32 heavy (non-hydrogen) atoms. The highest BCUT2D eigenvalue weighted by atomic mass is 16.5. The molecule has 1 saturated heterocycles. The van der Waals surface area contributed by atoms with E-state index in [1.165, 1.54) is 0 Å². The van der Waals surface area contributed by atoms with E-state index >= 15 is 0 Å². The van der Waals surface area contributed by atoms with Gasteiger partial charge in [-0.25, -0.2) is 9.48 Å². The summed E-state index contributed by atoms with van der Waals surface area (Å²) in [4.78, 5) is 15.7. The van der Waals surface area contributed by atoms with Crippen molar-refractivity contribution in [2.75, 3.05) is 7.05 Å². The molecule has 1 aliphatic heterocycles. The predicted molar refractivity (Wildman–Crippen MR) is 128 cm³/mol. The largest absolute Gasteiger partial charge is 0.457 e. The van der Waals surface area contributed by atoms with Gasteiger partial charge >= 0.3 is 5.97 Å². The van der Waals surface area contributed by atoms with Gasteiger partial charge in [-0.1, -0.05) is 48.5 Å². The average Bonchev–Trinajstić information content (AvgIpc) is 3.10. The average molecular weight is 432 g/mol. The van der Waals surface area contributed by atoms with Gasteiger partial charge in [0.25, 0.3) is 0 Å². The first-order chi connectivity index (χ1) is 15.1. The number of likely N-dealkylation sites (tertiary alicyclic amines) is 1. The second-order valence-corrected chi connectivity index (χ2v) is 10.1. The first kappa shape index (κ1) is 22.3. The van der Waals surface area contributed by atoms with E-state index in [4.69, 9.17) is 9.84 Å². The maximum absolute atomic E-state index is 13.4. The van der Waals surface area contributed by atoms with Crippen molar-refractivity contribution in [1.82, 2.24) is 14.7 Å². The Kier molecular flexibility index (Phi) is 5.72. The Bertz CT molecular complexity index is 1080. The molecule has 0 saturated carbocycles. The molecule has 0 radical (unpaired) electrons. The Labute approximate surface area is 191 Å². The van der Waals surface area contributed by atoms with Crippen LogP contribution >= 0.6 is 0 Å². The number of piperidine rings is 1. The van der Waals surface area contributed by atoms with Crippen molar-refractivity contribution in [2.45, 2.75) is 64.6 Å². The predicted octanol–water partition coefficient (Wildman–Crippen LogP) is 5.66. The Morgan fingerprint density at radius 3 is 2.03 bits per heavy atom. The topological polar surface area (TPSA) is 47.4 Å². The smallest absolute Gasteiger partial charge is 0.359 e. The van der Waals surface area contributed by atoms with Gasteiger partial charge in [-0.05, 0) is 53.8 Å². The molecule has 5 nitrogen and oxygen atoms in total. The standard InChI is InChI=1S/C27H33N3O2/c1-19-23(25(31)32-22-17-26(2,3)29(6)27(4,5)18-22)28-30(21-15-11-8-12-16-21)24(19)20-13-9-7-10-14-20/h7-16,22H,17-18H2,1-6H3. The lowest BCUT2D eigenvalue weighted by Crippen LogP contribution is -2.60. The SMILES string of the molecule is Cc1c(C(=O)OC2CC(C)(C)N(C)C(C)(C)C2)nn(-c2ccccc2)c1-c1ccccc1. The minimum Gasteiger partial charge on any atom is -0.457 e. The molecule has 168 valence electrons. The highest BCUT2D eigenvalue weighted by molar-refractivity contribution is 5.91. The highest BCUT2D eigenvalue weighted by Crippen LogP contribution is 2.38. The van der Waals surface area contributed by atoms with E-state index in [1.807, 2.05) is 72.3 Å². The third-order valence-corrected chi connectivity index (χ3v) is 6.91. The van der Waals surface area contributed by atoms with Gasteiger partial charge in [0, 0.05) is 35.0 Å². The molecule has 4 rings (SSSR count). The van der Waals surface area contributed by atoms with Crippen molar-refractivity contribution in [3.8, 4) is 16.9 Å². The number of aromatic nitrogens is 2. The van der Waals surface area contributed by atoms with E-state index in [0.717, 1.165) is 35.3 Å². The minimum atomic E-state index is -0.351. The van der Waals surface area contributed by atoms with Crippen molar-refractivity contribution >= 4 is 5.97 Å². The lowest BCUT2D eigenvalue weighted by Gasteiger charge is -2.53. The molecule has 3 aromatic rings. The van der Waals surface area contributed by atoms with Gasteiger partial charge in [-0.3, -0.25) is 4.90 Å². The summed E-state index contributed by atoms with van der Waals surface area (Å²) in [7, 11) is 2.15. The molecule has 0 atom stereocenters. The van der Waals surface area contributed by atoms with E-state index in [1.54, 1.807) is 0 Å². The number of hydrogen-bond donors (Lipinski definition) is 0. The molecule has 0 amide bonds. The Morgan fingerprint density at radius 2 is 1.47 bits per heavy atom. The van der Waals surface area contributed by atoms with Crippen LogP contribution in [-0.4, -0.2) is 44.9 Å². The summed E-state index contributed by atoms with van der Waals surface area (Å²) < 4.78 is 7.93. The fourth-order valence-electron chi connectivity index (χ4n) is 4.95. The van der Waals surface area contributed by atoms with Gasteiger partial charge in [0.15, 0.2) is 5.69 Å². The van der Waals surface area contributed by atoms with Gasteiger partial charge in [0.05, 0.1) is 11.4 Å². The molecule has 2 aromatic carbocycles. The number of hydrogen-bond acceptors (Lipinski definition) is 4. The number of esters is 1. The van der Waals surface area contributed by atoms with E-state index in [9.17, 15) is 4.79 Å². The number of nitrogens with zero attached hydrogens (tertiary/aromatic N) is 3. The van der Waals surface area contributed by atoms with E-state index in [0.29, 0.717) is 5.69 Å². The molecule has 0 aliphatic carbocycles. The monoisotopic (exact) mass is 431 g/mol. The molecule has 1 fully saturated rings. The lowest BCUT2D eigenvalue weighted by atomic mass is 9.79. The summed E-state index contributed by atoms with van der Waals surface area (Å²) in [6.45, 7) is 10.8. The normalized spacial score (nSPS) is 18.4. The maximum Gasteiger partial charge on any atom is 0.359 e. The number of ether oxygens (including phenoxy) is 1. The van der Waals surface area contributed by atoms with Gasteiger partial charge in [0.1, 0.15) is 6.10 Å². The Balaban J connectivity index is 1.70. The van der Waals surface area contributed by atoms with Gasteiger partial charge < -0.3 is 4.74 Å². The van der Waals surface area contributed by atoms with Gasteiger partial charge in [-0.15, -0.1) is 0 Å². The molecule has 1 aliphatic rings. The molecule has 1 aromatic heterocycles. The van der Waals surface area contributed by atoms with Gasteiger partial charge in [-0.2, -0.15) is 5.10 Å². The van der Waals surface area contributed by atoms with E-state index in [2.05, 4.69) is 39.6 Å². The van der Waals surface area contributed by atoms with Crippen LogP contribution < -0.4 is 0 Å². The second-order valence-electron chi connectivity index (χ2n) is 10.1. The van der Waals surface area contributed by atoms with Crippen molar-refractivity contribution in [3.05, 3.63) is 71.9 Å². The highest BCUT2D eigenvalue weighted by Gasteiger charge is 2.44. The first-order valence-electron chi connectivity index (χ1n) is 11.3. The fourth-order valence-corrected chi connectivity index (χ4v) is 4.95. The Morgan fingerprint density at radius 1 is 0.938 bits per heavy atom. The zero-order valence-corrected chi connectivity index (χ0v) is 19.9. The first-order valence-corrected chi connectivity index (χ1v) is 11.3. The summed E-state index contributed by atoms with van der Waals surface area (Å²) in [5.41, 5.74) is 3.93. The van der Waals surface area contributed by atoms with Crippen LogP contribution in [0.25, 0.3) is 16.9 Å². The summed E-state index contributed by atoms with van der Waals surface area (Å²) in [6.07, 6.45) is 1.44. The van der Waals surface area contributed by atoms with Crippen LogP contribution in [-0.2, 0) is 4.74 Å². The van der Waals surface area contributed by atoms with Crippen LogP contribution in [0.15, 0.2) is 60.7 Å². The lowest BCUT2D eigenvalue weighted by molar-refractivity contribution is -0.0734. The van der Waals surface area contributed by atoms with Crippen LogP contribution in [0.1, 0.15) is 56.6 Å². The molecule has 0 N–H and O–H groups in total. The number of rotatable bonds is 4. The van der Waals surface area contributed by atoms with Crippen LogP contribution in [0, 0.1) is 6.92 Å². The van der Waals surface area contributed by atoms with E-state index < -0.39 is 0 Å². The van der Waals surface area contributed by atoms with Crippen molar-refractivity contribution in [2.24, 2.45) is 0 Å². The number of carbonyl (C=O) groups is 1. The molecule has 2 heterocycles. The summed E-state index contributed by atoms with van der Waals surface area (Å²) >= 11 is 0. The van der Waals surface area contributed by atoms with Crippen LogP contribution in [0.2, 0.25) is 0 Å². The third-order valence-electron chi connectivity index (χ3n) is 6.91. The van der Waals surface area contributed by atoms with Crippen molar-refractivity contribution < 1.29 is 9.53 Å². The number of para-hydroxylation sites is 1. The number of benzene rings is 2. The summed E-state index contributed by atoms with van der Waals surface area (Å²) in [5, 5.41) is 4.74. The summed E-state index contributed by atoms with van der Waals surface area (Å²) in [6, 6.07) is 20.0. The molecular formula is C27H33N3O2. The summed E-state index contributed by atoms with van der Waals surface area (Å²) in [5.74, 6) is -0.351. The van der Waals surface area contributed by atoms with Crippen molar-refractivity contribution in [3.63, 3.8) is 0 Å². The maximum atomic E-state index is 13.4. The van der Waals surface area contributed by atoms with E-state index in [-0.39, 0.29) is 23.2 Å². The third kappa shape index (κ3) is 4.09. The molecular weight excluding hydrogens is 398 g/mol. The minimum absolute atomic E-state index is 0.0552. The molecule has 0 spiro atoms. The molecule has 5 heteroatoms. The fraction of sp³-hybridized carbons (Fsp3) is 0.407. The molecule has 0 bridgehead atoms. The quantitative estimate of drug-likeness (QED) is 0.501. The van der Waals surface area contributed by atoms with Crippen LogP contribution in [0.3, 0.4) is 0 Å². The zero-order valence-electron chi connectivity index (χ0n) is 19.9. The second kappa shape index (κ2) is 8.21.